The summed E-state index contributed by atoms with van der Waals surface area (Å²) >= 11 is 0. The first kappa shape index (κ1) is 10.8. The van der Waals surface area contributed by atoms with E-state index in [0.717, 1.165) is 31.5 Å². The van der Waals surface area contributed by atoms with Crippen molar-refractivity contribution in [1.82, 2.24) is 5.32 Å². The molecule has 0 radical (unpaired) electrons. The molecule has 0 bridgehead atoms. The average molecular weight is 237 g/mol. The first-order valence-electron chi connectivity index (χ1n) is 5.97. The van der Waals surface area contributed by atoms with Crippen molar-refractivity contribution in [3.05, 3.63) is 23.5 Å². The van der Waals surface area contributed by atoms with Gasteiger partial charge in [-0.25, -0.2) is 0 Å². The summed E-state index contributed by atoms with van der Waals surface area (Å²) in [6.07, 6.45) is 2.01. The van der Waals surface area contributed by atoms with E-state index in [1.165, 1.54) is 7.11 Å². The average Bonchev–Trinajstić information content (AvgIpc) is 2.71. The maximum Gasteiger partial charge on any atom is 0.207 e. The van der Waals surface area contributed by atoms with E-state index in [1.807, 2.05) is 6.07 Å². The lowest BCUT2D eigenvalue weighted by Crippen LogP contribution is -2.40. The van der Waals surface area contributed by atoms with Crippen LogP contribution in [0.5, 0.6) is 11.5 Å². The second-order valence-corrected chi connectivity index (χ2v) is 4.78. The van der Waals surface area contributed by atoms with Gasteiger partial charge in [-0.1, -0.05) is 6.07 Å². The van der Waals surface area contributed by atoms with E-state index >= 15 is 0 Å². The third-order valence-corrected chi connectivity index (χ3v) is 3.91. The number of nitrogens with one attached hydrogen (secondary N) is 1. The molecule has 0 unspecified atom stereocenters. The van der Waals surface area contributed by atoms with Crippen LogP contribution in [0.3, 0.4) is 0 Å². The molecule has 0 saturated carbocycles. The van der Waals surface area contributed by atoms with Crippen LogP contribution in [0.1, 0.15) is 18.4 Å². The summed E-state index contributed by atoms with van der Waals surface area (Å²) in [5.74, 6) is 0.293. The quantitative estimate of drug-likeness (QED) is 0.808. The van der Waals surface area contributed by atoms with E-state index in [4.69, 9.17) is 9.47 Å². The Hall–Kier alpha value is -1.29. The Labute approximate surface area is 99.9 Å². The molecule has 0 atom stereocenters. The molecule has 1 N–H and O–H groups in total. The first-order valence-corrected chi connectivity index (χ1v) is 5.97. The van der Waals surface area contributed by atoms with Crippen molar-refractivity contribution in [2.45, 2.75) is 18.3 Å². The highest BCUT2D eigenvalue weighted by Gasteiger charge is 2.43. The molecule has 3 rings (SSSR count). The standard InChI is InChI=1S/C13H16FNO2/c1-16-10-3-2-9-12(11(10)14)17-8-13(9)4-6-15-7-5-13/h2-3,15H,4-8H2,1H3. The number of rotatable bonds is 1. The highest BCUT2D eigenvalue weighted by atomic mass is 19.1. The molecule has 2 heterocycles. The number of piperidine rings is 1. The van der Waals surface area contributed by atoms with Gasteiger partial charge in [0.05, 0.1) is 13.7 Å². The minimum atomic E-state index is -0.361. The number of benzene rings is 1. The number of methoxy groups -OCH3 is 1. The molecule has 1 saturated heterocycles. The molecule has 2 aliphatic rings. The molecule has 4 heteroatoms. The highest BCUT2D eigenvalue weighted by molar-refractivity contribution is 5.49. The Bertz CT molecular complexity index is 441. The fraction of sp³-hybridized carbons (Fsp3) is 0.538. The summed E-state index contributed by atoms with van der Waals surface area (Å²) in [7, 11) is 1.47. The Morgan fingerprint density at radius 3 is 2.82 bits per heavy atom. The van der Waals surface area contributed by atoms with Crippen molar-refractivity contribution < 1.29 is 13.9 Å². The number of hydrogen-bond acceptors (Lipinski definition) is 3. The van der Waals surface area contributed by atoms with Crippen LogP contribution in [0.4, 0.5) is 4.39 Å². The summed E-state index contributed by atoms with van der Waals surface area (Å²) in [6.45, 7) is 2.53. The summed E-state index contributed by atoms with van der Waals surface area (Å²) in [4.78, 5) is 0. The van der Waals surface area contributed by atoms with Gasteiger partial charge in [0.2, 0.25) is 5.82 Å². The maximum absolute atomic E-state index is 14.0. The van der Waals surface area contributed by atoms with E-state index in [9.17, 15) is 4.39 Å². The van der Waals surface area contributed by atoms with Crippen LogP contribution in [0.15, 0.2) is 12.1 Å². The summed E-state index contributed by atoms with van der Waals surface area (Å²) in [5.41, 5.74) is 1.02. The van der Waals surface area contributed by atoms with Gasteiger partial charge in [0.1, 0.15) is 0 Å². The highest BCUT2D eigenvalue weighted by Crippen LogP contribution is 2.47. The van der Waals surface area contributed by atoms with E-state index < -0.39 is 0 Å². The largest absolute Gasteiger partial charge is 0.494 e. The molecule has 1 aromatic carbocycles. The monoisotopic (exact) mass is 237 g/mol. The third kappa shape index (κ3) is 1.51. The predicted octanol–water partition coefficient (Wildman–Crippen LogP) is 1.85. The van der Waals surface area contributed by atoms with Crippen LogP contribution >= 0.6 is 0 Å². The minimum absolute atomic E-state index is 0.00763. The van der Waals surface area contributed by atoms with Gasteiger partial charge in [0, 0.05) is 11.0 Å². The fourth-order valence-electron chi connectivity index (χ4n) is 2.86. The van der Waals surface area contributed by atoms with Crippen molar-refractivity contribution in [3.63, 3.8) is 0 Å². The lowest BCUT2D eigenvalue weighted by atomic mass is 9.75. The zero-order chi connectivity index (χ0) is 11.9. The van der Waals surface area contributed by atoms with Crippen LogP contribution < -0.4 is 14.8 Å². The van der Waals surface area contributed by atoms with Crippen molar-refractivity contribution >= 4 is 0 Å². The number of fused-ring (bicyclic) bond motifs is 2. The van der Waals surface area contributed by atoms with E-state index in [0.29, 0.717) is 12.4 Å². The second-order valence-electron chi connectivity index (χ2n) is 4.78. The van der Waals surface area contributed by atoms with Gasteiger partial charge in [0.15, 0.2) is 11.5 Å². The molecule has 92 valence electrons. The molecule has 3 nitrogen and oxygen atoms in total. The normalized spacial score (nSPS) is 21.1. The summed E-state index contributed by atoms with van der Waals surface area (Å²) in [6, 6.07) is 3.65. The molecule has 1 aromatic rings. The molecular formula is C13H16FNO2. The van der Waals surface area contributed by atoms with Gasteiger partial charge in [0.25, 0.3) is 0 Å². The molecule has 0 amide bonds. The minimum Gasteiger partial charge on any atom is -0.494 e. The van der Waals surface area contributed by atoms with Crippen molar-refractivity contribution in [2.24, 2.45) is 0 Å². The molecule has 1 spiro atoms. The Kier molecular flexibility index (Phi) is 2.47. The second kappa shape index (κ2) is 3.88. The maximum atomic E-state index is 14.0. The molecule has 0 aromatic heterocycles. The Morgan fingerprint density at radius 2 is 2.12 bits per heavy atom. The van der Waals surface area contributed by atoms with Gasteiger partial charge in [-0.15, -0.1) is 0 Å². The zero-order valence-electron chi connectivity index (χ0n) is 9.88. The predicted molar refractivity (Wildman–Crippen MR) is 62.2 cm³/mol. The Balaban J connectivity index is 2.05. The first-order chi connectivity index (χ1) is 8.27. The van der Waals surface area contributed by atoms with E-state index in [1.54, 1.807) is 6.07 Å². The molecular weight excluding hydrogens is 221 g/mol. The van der Waals surface area contributed by atoms with Gasteiger partial charge >= 0.3 is 0 Å². The van der Waals surface area contributed by atoms with Crippen LogP contribution in [0.25, 0.3) is 0 Å². The van der Waals surface area contributed by atoms with Crippen LogP contribution in [0, 0.1) is 5.82 Å². The van der Waals surface area contributed by atoms with Gasteiger partial charge < -0.3 is 14.8 Å². The number of ether oxygens (including phenoxy) is 2. The molecule has 2 aliphatic heterocycles. The molecule has 0 aliphatic carbocycles. The summed E-state index contributed by atoms with van der Waals surface area (Å²) in [5, 5.41) is 3.33. The summed E-state index contributed by atoms with van der Waals surface area (Å²) < 4.78 is 24.6. The topological polar surface area (TPSA) is 30.5 Å². The van der Waals surface area contributed by atoms with Crippen LogP contribution in [0.2, 0.25) is 0 Å². The molecule has 1 fully saturated rings. The van der Waals surface area contributed by atoms with E-state index in [2.05, 4.69) is 5.32 Å². The molecule has 17 heavy (non-hydrogen) atoms. The Morgan fingerprint density at radius 1 is 1.35 bits per heavy atom. The number of hydrogen-bond donors (Lipinski definition) is 1. The number of halogens is 1. The van der Waals surface area contributed by atoms with Crippen molar-refractivity contribution in [1.29, 1.82) is 0 Å². The lowest BCUT2D eigenvalue weighted by Gasteiger charge is -2.32. The smallest absolute Gasteiger partial charge is 0.207 e. The van der Waals surface area contributed by atoms with Crippen LogP contribution in [-0.4, -0.2) is 26.8 Å². The lowest BCUT2D eigenvalue weighted by molar-refractivity contribution is 0.216. The van der Waals surface area contributed by atoms with Gasteiger partial charge in [-0.2, -0.15) is 4.39 Å². The van der Waals surface area contributed by atoms with E-state index in [-0.39, 0.29) is 17.0 Å². The van der Waals surface area contributed by atoms with Crippen molar-refractivity contribution in [2.75, 3.05) is 26.8 Å². The van der Waals surface area contributed by atoms with Gasteiger partial charge in [-0.3, -0.25) is 0 Å². The van der Waals surface area contributed by atoms with Crippen LogP contribution in [-0.2, 0) is 5.41 Å². The van der Waals surface area contributed by atoms with Gasteiger partial charge in [-0.05, 0) is 32.0 Å². The zero-order valence-corrected chi connectivity index (χ0v) is 9.88. The van der Waals surface area contributed by atoms with Crippen molar-refractivity contribution in [3.8, 4) is 11.5 Å². The third-order valence-electron chi connectivity index (χ3n) is 3.91. The SMILES string of the molecule is COc1ccc2c(c1F)OCC21CCNCC1. The fourth-order valence-corrected chi connectivity index (χ4v) is 2.86.